The van der Waals surface area contributed by atoms with Crippen molar-refractivity contribution in [1.82, 2.24) is 30.0 Å². The van der Waals surface area contributed by atoms with Crippen LogP contribution in [-0.4, -0.2) is 62.1 Å². The smallest absolute Gasteiger partial charge is 0.274 e. The minimum Gasteiger partial charge on any atom is -0.369 e. The lowest BCUT2D eigenvalue weighted by atomic mass is 9.92. The van der Waals surface area contributed by atoms with Gasteiger partial charge in [0.15, 0.2) is 0 Å². The quantitative estimate of drug-likeness (QED) is 0.725. The fourth-order valence-corrected chi connectivity index (χ4v) is 3.26. The van der Waals surface area contributed by atoms with E-state index in [1.807, 2.05) is 18.0 Å². The minimum absolute atomic E-state index is 0.0591. The molecule has 1 saturated heterocycles. The Morgan fingerprint density at radius 3 is 2.78 bits per heavy atom. The van der Waals surface area contributed by atoms with Crippen molar-refractivity contribution in [2.75, 3.05) is 25.9 Å². The van der Waals surface area contributed by atoms with Crippen molar-refractivity contribution in [3.05, 3.63) is 39.6 Å². The maximum Gasteiger partial charge on any atom is 0.274 e. The molecule has 1 aliphatic rings. The van der Waals surface area contributed by atoms with Gasteiger partial charge >= 0.3 is 0 Å². The second kappa shape index (κ2) is 7.15. The normalized spacial score (nSPS) is 17.7. The Bertz CT molecular complexity index is 880. The first-order chi connectivity index (χ1) is 12.6. The Labute approximate surface area is 158 Å². The average molecular weight is 373 g/mol. The molecule has 0 saturated carbocycles. The molecule has 2 aromatic heterocycles. The number of aromatic nitrogens is 4. The molecule has 9 nitrogen and oxygen atoms in total. The third-order valence-corrected chi connectivity index (χ3v) is 4.90. The Morgan fingerprint density at radius 2 is 2.15 bits per heavy atom. The summed E-state index contributed by atoms with van der Waals surface area (Å²) in [6.07, 6.45) is 0.859. The number of amides is 1. The summed E-state index contributed by atoms with van der Waals surface area (Å²) in [5.41, 5.74) is 7.26. The molecule has 0 aliphatic carbocycles. The highest BCUT2D eigenvalue weighted by atomic mass is 16.2. The molecule has 27 heavy (non-hydrogen) atoms. The van der Waals surface area contributed by atoms with E-state index in [0.29, 0.717) is 31.0 Å². The number of nitrogens with zero attached hydrogens (tertiary/aromatic N) is 4. The summed E-state index contributed by atoms with van der Waals surface area (Å²) < 4.78 is 0. The number of hydrogen-bond donors (Lipinski definition) is 3. The van der Waals surface area contributed by atoms with Crippen molar-refractivity contribution in [2.24, 2.45) is 0 Å². The van der Waals surface area contributed by atoms with Gasteiger partial charge < -0.3 is 10.6 Å². The Balaban J connectivity index is 1.63. The van der Waals surface area contributed by atoms with Gasteiger partial charge in [-0.2, -0.15) is 5.10 Å². The first kappa shape index (κ1) is 19.1. The minimum atomic E-state index is -0.262. The molecule has 0 bridgehead atoms. The topological polar surface area (TPSA) is 124 Å². The van der Waals surface area contributed by atoms with E-state index in [-0.39, 0.29) is 28.9 Å². The molecule has 1 amide bonds. The number of hydrogen-bond acceptors (Lipinski definition) is 6. The van der Waals surface area contributed by atoms with Gasteiger partial charge in [-0.3, -0.25) is 24.6 Å². The standard InChI is InChI=1S/C18H27N7O2/c1-18(2,3)14-8-13(22-23-14)16(27)25-6-5-12(10-25)24(4)9-11-7-15(26)21-17(19)20-11/h7-8,12H,5-6,9-10H2,1-4H3,(H,22,23)(H3,19,20,21,26). The monoisotopic (exact) mass is 373 g/mol. The van der Waals surface area contributed by atoms with Gasteiger partial charge in [0, 0.05) is 42.9 Å². The fraction of sp³-hybridized carbons (Fsp3) is 0.556. The predicted octanol–water partition coefficient (Wildman–Crippen LogP) is 0.719. The van der Waals surface area contributed by atoms with E-state index in [1.54, 1.807) is 0 Å². The van der Waals surface area contributed by atoms with Gasteiger partial charge in [0.05, 0.1) is 5.69 Å². The number of aromatic amines is 2. The lowest BCUT2D eigenvalue weighted by Gasteiger charge is -2.24. The van der Waals surface area contributed by atoms with Crippen molar-refractivity contribution in [2.45, 2.75) is 45.2 Å². The molecule has 3 rings (SSSR count). The van der Waals surface area contributed by atoms with E-state index in [4.69, 9.17) is 5.73 Å². The maximum absolute atomic E-state index is 12.8. The van der Waals surface area contributed by atoms with E-state index < -0.39 is 0 Å². The second-order valence-corrected chi connectivity index (χ2v) is 8.15. The molecule has 0 radical (unpaired) electrons. The zero-order valence-electron chi connectivity index (χ0n) is 16.2. The molecule has 0 spiro atoms. The lowest BCUT2D eigenvalue weighted by molar-refractivity contribution is 0.0773. The van der Waals surface area contributed by atoms with Crippen LogP contribution < -0.4 is 11.3 Å². The van der Waals surface area contributed by atoms with Crippen LogP contribution in [0.25, 0.3) is 0 Å². The third kappa shape index (κ3) is 4.36. The van der Waals surface area contributed by atoms with Crippen LogP contribution in [0.5, 0.6) is 0 Å². The zero-order valence-corrected chi connectivity index (χ0v) is 16.2. The summed E-state index contributed by atoms with van der Waals surface area (Å²) >= 11 is 0. The van der Waals surface area contributed by atoms with Crippen molar-refractivity contribution in [1.29, 1.82) is 0 Å². The molecule has 2 aromatic rings. The number of H-pyrrole nitrogens is 2. The van der Waals surface area contributed by atoms with Crippen LogP contribution in [0.15, 0.2) is 16.9 Å². The summed E-state index contributed by atoms with van der Waals surface area (Å²) in [5, 5.41) is 7.16. The summed E-state index contributed by atoms with van der Waals surface area (Å²) in [6.45, 7) is 8.01. The molecule has 9 heteroatoms. The molecule has 146 valence electrons. The molecule has 1 atom stereocenters. The Morgan fingerprint density at radius 1 is 1.41 bits per heavy atom. The highest BCUT2D eigenvalue weighted by molar-refractivity contribution is 5.92. The molecule has 1 aliphatic heterocycles. The van der Waals surface area contributed by atoms with Crippen molar-refractivity contribution >= 4 is 11.9 Å². The Kier molecular flexibility index (Phi) is 5.05. The fourth-order valence-electron chi connectivity index (χ4n) is 3.26. The predicted molar refractivity (Wildman–Crippen MR) is 102 cm³/mol. The highest BCUT2D eigenvalue weighted by Gasteiger charge is 2.31. The van der Waals surface area contributed by atoms with E-state index in [0.717, 1.165) is 12.1 Å². The summed E-state index contributed by atoms with van der Waals surface area (Å²) in [4.78, 5) is 34.8. The van der Waals surface area contributed by atoms with E-state index in [1.165, 1.54) is 6.07 Å². The number of carbonyl (C=O) groups is 1. The van der Waals surface area contributed by atoms with Crippen molar-refractivity contribution in [3.8, 4) is 0 Å². The summed E-state index contributed by atoms with van der Waals surface area (Å²) in [5.74, 6) is 0.0542. The van der Waals surface area contributed by atoms with Gasteiger partial charge in [0.25, 0.3) is 11.5 Å². The molecule has 1 fully saturated rings. The Hall–Kier alpha value is -2.68. The van der Waals surface area contributed by atoms with Gasteiger partial charge in [-0.25, -0.2) is 4.98 Å². The number of carbonyl (C=O) groups excluding carboxylic acids is 1. The molecule has 3 heterocycles. The maximum atomic E-state index is 12.8. The first-order valence-electron chi connectivity index (χ1n) is 9.04. The molecule has 0 aromatic carbocycles. The van der Waals surface area contributed by atoms with Gasteiger partial charge in [-0.15, -0.1) is 0 Å². The largest absolute Gasteiger partial charge is 0.369 e. The van der Waals surface area contributed by atoms with Crippen molar-refractivity contribution in [3.63, 3.8) is 0 Å². The lowest BCUT2D eigenvalue weighted by Crippen LogP contribution is -2.36. The van der Waals surface area contributed by atoms with Gasteiger partial charge in [0.1, 0.15) is 5.69 Å². The zero-order chi connectivity index (χ0) is 19.8. The SMILES string of the molecule is CN(Cc1cc(=O)[nH]c(N)n1)C1CCN(C(=O)c2cc(C(C)(C)C)[nH]n2)C1. The number of nitrogens with two attached hydrogens (primary N) is 1. The summed E-state index contributed by atoms with van der Waals surface area (Å²) in [6, 6.07) is 3.47. The first-order valence-corrected chi connectivity index (χ1v) is 9.04. The van der Waals surface area contributed by atoms with E-state index >= 15 is 0 Å². The van der Waals surface area contributed by atoms with Crippen LogP contribution in [0.2, 0.25) is 0 Å². The number of anilines is 1. The van der Waals surface area contributed by atoms with Gasteiger partial charge in [0.2, 0.25) is 5.95 Å². The van der Waals surface area contributed by atoms with E-state index in [2.05, 4.69) is 45.8 Å². The molecular weight excluding hydrogens is 346 g/mol. The van der Waals surface area contributed by atoms with Crippen LogP contribution in [0, 0.1) is 0 Å². The number of nitrogens with one attached hydrogen (secondary N) is 2. The third-order valence-electron chi connectivity index (χ3n) is 4.90. The van der Waals surface area contributed by atoms with Crippen LogP contribution in [-0.2, 0) is 12.0 Å². The molecular formula is C18H27N7O2. The van der Waals surface area contributed by atoms with Gasteiger partial charge in [-0.1, -0.05) is 20.8 Å². The second-order valence-electron chi connectivity index (χ2n) is 8.15. The number of nitrogen functional groups attached to an aromatic ring is 1. The van der Waals surface area contributed by atoms with Crippen LogP contribution in [0.3, 0.4) is 0 Å². The molecule has 1 unspecified atom stereocenters. The number of rotatable bonds is 4. The van der Waals surface area contributed by atoms with Gasteiger partial charge in [-0.05, 0) is 19.5 Å². The van der Waals surface area contributed by atoms with Crippen LogP contribution in [0.4, 0.5) is 5.95 Å². The van der Waals surface area contributed by atoms with Crippen molar-refractivity contribution < 1.29 is 4.79 Å². The van der Waals surface area contributed by atoms with Crippen LogP contribution >= 0.6 is 0 Å². The number of likely N-dealkylation sites (tertiary alicyclic amines) is 1. The van der Waals surface area contributed by atoms with Crippen LogP contribution in [0.1, 0.15) is 49.1 Å². The van der Waals surface area contributed by atoms with E-state index in [9.17, 15) is 9.59 Å². The summed E-state index contributed by atoms with van der Waals surface area (Å²) in [7, 11) is 1.96. The molecule has 4 N–H and O–H groups in total. The average Bonchev–Trinajstić information content (AvgIpc) is 3.22. The highest BCUT2D eigenvalue weighted by Crippen LogP contribution is 2.22. The number of likely N-dealkylation sites (N-methyl/N-ethyl adjacent to an activating group) is 1.